The Morgan fingerprint density at radius 1 is 1.33 bits per heavy atom. The lowest BCUT2D eigenvalue weighted by molar-refractivity contribution is -0.160. The molecule has 2 nitrogen and oxygen atoms in total. The highest BCUT2D eigenvalue weighted by atomic mass is 19.3. The molecule has 90 valence electrons. The van der Waals surface area contributed by atoms with Crippen molar-refractivity contribution < 1.29 is 8.78 Å². The van der Waals surface area contributed by atoms with Gasteiger partial charge in [-0.25, -0.2) is 8.78 Å². The van der Waals surface area contributed by atoms with Gasteiger partial charge in [0.25, 0.3) is 5.92 Å². The molecule has 15 heavy (non-hydrogen) atoms. The highest BCUT2D eigenvalue weighted by Crippen LogP contribution is 2.43. The summed E-state index contributed by atoms with van der Waals surface area (Å²) in [5.41, 5.74) is -0.797. The number of halogens is 2. The number of hydrogen-bond donors (Lipinski definition) is 1. The van der Waals surface area contributed by atoms with E-state index in [0.29, 0.717) is 19.5 Å². The summed E-state index contributed by atoms with van der Waals surface area (Å²) in [5.74, 6) is -2.57. The first-order valence-corrected chi connectivity index (χ1v) is 5.74. The molecule has 0 saturated carbocycles. The van der Waals surface area contributed by atoms with Crippen molar-refractivity contribution in [2.75, 3.05) is 33.2 Å². The molecular weight excluding hydrogens is 198 g/mol. The van der Waals surface area contributed by atoms with E-state index in [0.717, 1.165) is 13.0 Å². The van der Waals surface area contributed by atoms with Crippen molar-refractivity contribution in [1.29, 1.82) is 0 Å². The van der Waals surface area contributed by atoms with Gasteiger partial charge in [0.2, 0.25) is 0 Å². The van der Waals surface area contributed by atoms with Gasteiger partial charge in [0.05, 0.1) is 12.0 Å². The smallest absolute Gasteiger partial charge is 0.268 e. The zero-order valence-corrected chi connectivity index (χ0v) is 9.95. The molecule has 1 N–H and O–H groups in total. The third-order valence-electron chi connectivity index (χ3n) is 3.45. The second-order valence-corrected chi connectivity index (χ2v) is 4.68. The van der Waals surface area contributed by atoms with Gasteiger partial charge in [-0.3, -0.25) is 0 Å². The maximum Gasteiger partial charge on any atom is 0.268 e. The van der Waals surface area contributed by atoms with Gasteiger partial charge < -0.3 is 10.2 Å². The van der Waals surface area contributed by atoms with Gasteiger partial charge in [0, 0.05) is 13.1 Å². The second-order valence-electron chi connectivity index (χ2n) is 4.68. The summed E-state index contributed by atoms with van der Waals surface area (Å²) in [6.45, 7) is 5.40. The average Bonchev–Trinajstić information content (AvgIpc) is 2.00. The fraction of sp³-hybridized carbons (Fsp3) is 1.00. The summed E-state index contributed by atoms with van der Waals surface area (Å²) in [6, 6.07) is 0. The lowest BCUT2D eigenvalue weighted by atomic mass is 9.73. The van der Waals surface area contributed by atoms with Crippen molar-refractivity contribution >= 4 is 0 Å². The molecule has 0 atom stereocenters. The Kier molecular flexibility index (Phi) is 4.06. The van der Waals surface area contributed by atoms with Crippen LogP contribution in [-0.2, 0) is 0 Å². The fourth-order valence-electron chi connectivity index (χ4n) is 2.16. The van der Waals surface area contributed by atoms with Crippen LogP contribution in [0.5, 0.6) is 0 Å². The van der Waals surface area contributed by atoms with E-state index in [1.165, 1.54) is 0 Å². The molecule has 0 radical (unpaired) electrons. The van der Waals surface area contributed by atoms with Crippen molar-refractivity contribution in [1.82, 2.24) is 10.2 Å². The highest BCUT2D eigenvalue weighted by Gasteiger charge is 2.56. The number of hydrogen-bond acceptors (Lipinski definition) is 2. The van der Waals surface area contributed by atoms with Gasteiger partial charge in [-0.1, -0.05) is 13.8 Å². The predicted molar refractivity (Wildman–Crippen MR) is 58.3 cm³/mol. The Morgan fingerprint density at radius 3 is 2.27 bits per heavy atom. The number of rotatable bonds is 6. The van der Waals surface area contributed by atoms with E-state index < -0.39 is 11.3 Å². The summed E-state index contributed by atoms with van der Waals surface area (Å²) in [4.78, 5) is 1.73. The minimum atomic E-state index is -2.57. The van der Waals surface area contributed by atoms with E-state index in [1.807, 2.05) is 13.8 Å². The standard InChI is InChI=1S/C11H22F2N2/c1-4-6-15(3)9-11(12,13)10(5-2)7-14-8-10/h14H,4-9H2,1-3H3. The van der Waals surface area contributed by atoms with Crippen molar-refractivity contribution in [2.24, 2.45) is 5.41 Å². The first kappa shape index (κ1) is 12.8. The molecule has 0 aromatic rings. The Morgan fingerprint density at radius 2 is 1.93 bits per heavy atom. The SMILES string of the molecule is CCCN(C)CC(F)(F)C1(CC)CNC1. The Labute approximate surface area is 91.0 Å². The van der Waals surface area contributed by atoms with E-state index in [-0.39, 0.29) is 6.54 Å². The molecular formula is C11H22F2N2. The molecule has 1 heterocycles. The maximum atomic E-state index is 14.0. The van der Waals surface area contributed by atoms with Gasteiger partial charge in [0.15, 0.2) is 0 Å². The minimum Gasteiger partial charge on any atom is -0.315 e. The molecule has 1 fully saturated rings. The molecule has 1 aliphatic heterocycles. The molecule has 0 aromatic heterocycles. The molecule has 0 aromatic carbocycles. The molecule has 0 spiro atoms. The maximum absolute atomic E-state index is 14.0. The van der Waals surface area contributed by atoms with Crippen LogP contribution in [0.25, 0.3) is 0 Å². The minimum absolute atomic E-state index is 0.115. The lowest BCUT2D eigenvalue weighted by Gasteiger charge is -2.48. The molecule has 0 unspecified atom stereocenters. The summed E-state index contributed by atoms with van der Waals surface area (Å²) in [6.07, 6.45) is 1.47. The first-order chi connectivity index (χ1) is 6.97. The van der Waals surface area contributed by atoms with Crippen LogP contribution in [0, 0.1) is 5.41 Å². The predicted octanol–water partition coefficient (Wildman–Crippen LogP) is 1.96. The largest absolute Gasteiger partial charge is 0.315 e. The topological polar surface area (TPSA) is 15.3 Å². The van der Waals surface area contributed by atoms with Crippen LogP contribution in [0.3, 0.4) is 0 Å². The van der Waals surface area contributed by atoms with Crippen molar-refractivity contribution in [3.8, 4) is 0 Å². The van der Waals surface area contributed by atoms with Gasteiger partial charge >= 0.3 is 0 Å². The van der Waals surface area contributed by atoms with E-state index in [1.54, 1.807) is 11.9 Å². The highest BCUT2D eigenvalue weighted by molar-refractivity contribution is 5.02. The van der Waals surface area contributed by atoms with Gasteiger partial charge in [-0.2, -0.15) is 0 Å². The molecule has 1 saturated heterocycles. The normalized spacial score (nSPS) is 20.4. The third kappa shape index (κ3) is 2.48. The summed E-state index contributed by atoms with van der Waals surface area (Å²) >= 11 is 0. The lowest BCUT2D eigenvalue weighted by Crippen LogP contribution is -2.65. The van der Waals surface area contributed by atoms with E-state index >= 15 is 0 Å². The molecule has 0 aliphatic carbocycles. The molecule has 1 aliphatic rings. The van der Waals surface area contributed by atoms with Crippen molar-refractivity contribution in [2.45, 2.75) is 32.6 Å². The zero-order valence-electron chi connectivity index (χ0n) is 9.95. The Bertz CT molecular complexity index is 197. The zero-order chi connectivity index (χ0) is 11.5. The first-order valence-electron chi connectivity index (χ1n) is 5.74. The number of alkyl halides is 2. The molecule has 0 amide bonds. The van der Waals surface area contributed by atoms with Gasteiger partial charge in [-0.05, 0) is 26.4 Å². The molecule has 4 heteroatoms. The van der Waals surface area contributed by atoms with Crippen molar-refractivity contribution in [3.05, 3.63) is 0 Å². The quantitative estimate of drug-likeness (QED) is 0.736. The average molecular weight is 220 g/mol. The van der Waals surface area contributed by atoms with Crippen LogP contribution in [0.15, 0.2) is 0 Å². The Hall–Kier alpha value is -0.220. The molecule has 1 rings (SSSR count). The van der Waals surface area contributed by atoms with Crippen LogP contribution in [0.2, 0.25) is 0 Å². The Balaban J connectivity index is 2.56. The van der Waals surface area contributed by atoms with E-state index in [2.05, 4.69) is 5.32 Å². The fourth-order valence-corrected chi connectivity index (χ4v) is 2.16. The summed E-state index contributed by atoms with van der Waals surface area (Å²) in [7, 11) is 1.77. The monoisotopic (exact) mass is 220 g/mol. The van der Waals surface area contributed by atoms with Crippen LogP contribution in [0.1, 0.15) is 26.7 Å². The van der Waals surface area contributed by atoms with Gasteiger partial charge in [0.1, 0.15) is 0 Å². The van der Waals surface area contributed by atoms with Crippen LogP contribution < -0.4 is 5.32 Å². The van der Waals surface area contributed by atoms with Crippen LogP contribution in [-0.4, -0.2) is 44.0 Å². The van der Waals surface area contributed by atoms with Gasteiger partial charge in [-0.15, -0.1) is 0 Å². The summed E-state index contributed by atoms with van der Waals surface area (Å²) in [5, 5.41) is 2.97. The van der Waals surface area contributed by atoms with Crippen LogP contribution in [0.4, 0.5) is 8.78 Å². The summed E-state index contributed by atoms with van der Waals surface area (Å²) < 4.78 is 28.0. The van der Waals surface area contributed by atoms with Crippen LogP contribution >= 0.6 is 0 Å². The number of nitrogens with zero attached hydrogens (tertiary/aromatic N) is 1. The third-order valence-corrected chi connectivity index (χ3v) is 3.45. The molecule has 0 bridgehead atoms. The van der Waals surface area contributed by atoms with E-state index in [9.17, 15) is 8.78 Å². The van der Waals surface area contributed by atoms with Crippen molar-refractivity contribution in [3.63, 3.8) is 0 Å². The second kappa shape index (κ2) is 4.74. The van der Waals surface area contributed by atoms with E-state index in [4.69, 9.17) is 0 Å². The number of nitrogens with one attached hydrogen (secondary N) is 1.